The van der Waals surface area contributed by atoms with Crippen molar-refractivity contribution in [2.45, 2.75) is 96.8 Å². The molecule has 190 valence electrons. The molecular weight excluding hydrogens is 442 g/mol. The van der Waals surface area contributed by atoms with E-state index in [0.717, 1.165) is 24.2 Å². The Balaban J connectivity index is 1.44. The van der Waals surface area contributed by atoms with Crippen LogP contribution in [-0.4, -0.2) is 44.6 Å². The number of hydrogen-bond donors (Lipinski definition) is 0. The van der Waals surface area contributed by atoms with Gasteiger partial charge >= 0.3 is 12.2 Å². The molecule has 2 fully saturated rings. The van der Waals surface area contributed by atoms with E-state index in [-0.39, 0.29) is 18.5 Å². The molecule has 0 atom stereocenters. The number of nitrogens with zero attached hydrogens (tertiary/aromatic N) is 3. The van der Waals surface area contributed by atoms with Gasteiger partial charge in [-0.1, -0.05) is 30.3 Å². The molecule has 2 saturated carbocycles. The lowest BCUT2D eigenvalue weighted by Gasteiger charge is -2.39. The maximum Gasteiger partial charge on any atom is 0.419 e. The molecular formula is C28H39N3O4. The SMILES string of the molecule is CC(C)(C)OC(=O)N(CC1CC(n2nc(C3CC3)cc2Cc2ccccc2)C1)C(=O)OC(C)(C)C. The molecule has 2 aliphatic rings. The normalized spacial score (nSPS) is 20.2. The molecule has 2 aromatic rings. The highest BCUT2D eigenvalue weighted by molar-refractivity contribution is 5.88. The topological polar surface area (TPSA) is 73.7 Å². The number of carbonyl (C=O) groups excluding carboxylic acids is 2. The van der Waals surface area contributed by atoms with Crippen LogP contribution in [0.2, 0.25) is 0 Å². The Morgan fingerprint density at radius 1 is 0.971 bits per heavy atom. The van der Waals surface area contributed by atoms with Crippen molar-refractivity contribution in [1.29, 1.82) is 0 Å². The van der Waals surface area contributed by atoms with Crippen LogP contribution in [0.1, 0.15) is 96.1 Å². The Kier molecular flexibility index (Phi) is 6.98. The van der Waals surface area contributed by atoms with E-state index in [0.29, 0.717) is 5.92 Å². The summed E-state index contributed by atoms with van der Waals surface area (Å²) in [5, 5.41) is 4.99. The Labute approximate surface area is 208 Å². The molecule has 4 rings (SSSR count). The highest BCUT2D eigenvalue weighted by Gasteiger charge is 2.39. The van der Waals surface area contributed by atoms with Crippen LogP contribution in [-0.2, 0) is 15.9 Å². The zero-order valence-electron chi connectivity index (χ0n) is 21.9. The summed E-state index contributed by atoms with van der Waals surface area (Å²) in [5.74, 6) is 0.773. The predicted molar refractivity (Wildman–Crippen MR) is 134 cm³/mol. The number of rotatable bonds is 6. The van der Waals surface area contributed by atoms with Gasteiger partial charge in [0.1, 0.15) is 11.2 Å². The molecule has 0 saturated heterocycles. The molecule has 1 aromatic heterocycles. The largest absolute Gasteiger partial charge is 0.443 e. The molecule has 2 aliphatic carbocycles. The molecule has 7 heteroatoms. The van der Waals surface area contributed by atoms with Crippen LogP contribution in [0, 0.1) is 5.92 Å². The Morgan fingerprint density at radius 2 is 1.54 bits per heavy atom. The third kappa shape index (κ3) is 6.86. The number of imide groups is 1. The van der Waals surface area contributed by atoms with Gasteiger partial charge in [-0.25, -0.2) is 14.5 Å². The smallest absolute Gasteiger partial charge is 0.419 e. The molecule has 1 heterocycles. The average Bonchev–Trinajstić information content (AvgIpc) is 3.47. The molecule has 0 N–H and O–H groups in total. The standard InChI is InChI=1S/C28H39N3O4/c1-27(2,3)34-25(32)30(26(33)35-28(4,5)6)18-20-15-22(16-20)31-23(14-19-10-8-7-9-11-19)17-24(29-31)21-12-13-21/h7-11,17,20-22H,12-16,18H2,1-6H3. The summed E-state index contributed by atoms with van der Waals surface area (Å²) in [7, 11) is 0. The van der Waals surface area contributed by atoms with E-state index in [1.807, 2.05) is 6.07 Å². The van der Waals surface area contributed by atoms with Crippen LogP contribution >= 0.6 is 0 Å². The summed E-state index contributed by atoms with van der Waals surface area (Å²) >= 11 is 0. The number of ether oxygens (including phenoxy) is 2. The second-order valence-electron chi connectivity index (χ2n) is 12.0. The lowest BCUT2D eigenvalue weighted by Crippen LogP contribution is -2.47. The van der Waals surface area contributed by atoms with E-state index < -0.39 is 23.4 Å². The first-order valence-electron chi connectivity index (χ1n) is 12.7. The van der Waals surface area contributed by atoms with Crippen molar-refractivity contribution in [3.05, 3.63) is 53.3 Å². The molecule has 0 unspecified atom stereocenters. The van der Waals surface area contributed by atoms with Crippen molar-refractivity contribution in [1.82, 2.24) is 14.7 Å². The van der Waals surface area contributed by atoms with Crippen molar-refractivity contribution in [3.8, 4) is 0 Å². The lowest BCUT2D eigenvalue weighted by molar-refractivity contribution is -0.00649. The molecule has 1 aromatic carbocycles. The molecule has 0 bridgehead atoms. The third-order valence-electron chi connectivity index (χ3n) is 6.28. The van der Waals surface area contributed by atoms with Gasteiger partial charge in [-0.05, 0) is 84.8 Å². The summed E-state index contributed by atoms with van der Waals surface area (Å²) in [6.45, 7) is 11.0. The first-order chi connectivity index (χ1) is 16.4. The van der Waals surface area contributed by atoms with Crippen molar-refractivity contribution in [2.24, 2.45) is 5.92 Å². The quantitative estimate of drug-likeness (QED) is 0.472. The summed E-state index contributed by atoms with van der Waals surface area (Å²) in [5.41, 5.74) is 2.31. The van der Waals surface area contributed by atoms with Gasteiger partial charge in [0.25, 0.3) is 0 Å². The number of hydrogen-bond acceptors (Lipinski definition) is 5. The van der Waals surface area contributed by atoms with Crippen LogP contribution in [0.3, 0.4) is 0 Å². The van der Waals surface area contributed by atoms with Crippen LogP contribution < -0.4 is 0 Å². The minimum absolute atomic E-state index is 0.179. The second kappa shape index (κ2) is 9.67. The van der Waals surface area contributed by atoms with Gasteiger partial charge in [0.15, 0.2) is 0 Å². The molecule has 0 aliphatic heterocycles. The zero-order chi connectivity index (χ0) is 25.4. The van der Waals surface area contributed by atoms with Gasteiger partial charge in [0.05, 0.1) is 11.7 Å². The third-order valence-corrected chi connectivity index (χ3v) is 6.28. The van der Waals surface area contributed by atoms with Crippen LogP contribution in [0.25, 0.3) is 0 Å². The highest BCUT2D eigenvalue weighted by atomic mass is 16.6. The molecule has 0 spiro atoms. The zero-order valence-corrected chi connectivity index (χ0v) is 21.9. The van der Waals surface area contributed by atoms with Gasteiger partial charge in [0, 0.05) is 24.6 Å². The van der Waals surface area contributed by atoms with Gasteiger partial charge in [-0.15, -0.1) is 0 Å². The van der Waals surface area contributed by atoms with Crippen LogP contribution in [0.4, 0.5) is 9.59 Å². The van der Waals surface area contributed by atoms with Gasteiger partial charge < -0.3 is 9.47 Å². The Hall–Kier alpha value is -2.83. The molecule has 7 nitrogen and oxygen atoms in total. The lowest BCUT2D eigenvalue weighted by atomic mass is 9.80. The average molecular weight is 482 g/mol. The van der Waals surface area contributed by atoms with Gasteiger partial charge in [0.2, 0.25) is 0 Å². The fourth-order valence-corrected chi connectivity index (χ4v) is 4.45. The van der Waals surface area contributed by atoms with E-state index in [2.05, 4.69) is 35.0 Å². The minimum atomic E-state index is -0.694. The maximum atomic E-state index is 12.8. The minimum Gasteiger partial charge on any atom is -0.443 e. The Morgan fingerprint density at radius 3 is 2.06 bits per heavy atom. The number of amides is 2. The van der Waals surface area contributed by atoms with Crippen molar-refractivity contribution in [2.75, 3.05) is 6.54 Å². The first kappa shape index (κ1) is 25.3. The van der Waals surface area contributed by atoms with Crippen LogP contribution in [0.5, 0.6) is 0 Å². The number of carbonyl (C=O) groups is 2. The summed E-state index contributed by atoms with van der Waals surface area (Å²) < 4.78 is 13.2. The van der Waals surface area contributed by atoms with Crippen molar-refractivity contribution < 1.29 is 19.1 Å². The highest BCUT2D eigenvalue weighted by Crippen LogP contribution is 2.43. The predicted octanol–water partition coefficient (Wildman–Crippen LogP) is 6.47. The monoisotopic (exact) mass is 481 g/mol. The van der Waals surface area contributed by atoms with Crippen molar-refractivity contribution in [3.63, 3.8) is 0 Å². The Bertz CT molecular complexity index is 1010. The maximum absolute atomic E-state index is 12.8. The summed E-state index contributed by atoms with van der Waals surface area (Å²) in [4.78, 5) is 26.8. The summed E-state index contributed by atoms with van der Waals surface area (Å²) in [6, 6.07) is 13.0. The first-order valence-corrected chi connectivity index (χ1v) is 12.7. The fourth-order valence-electron chi connectivity index (χ4n) is 4.45. The van der Waals surface area contributed by atoms with E-state index in [1.54, 1.807) is 41.5 Å². The van der Waals surface area contributed by atoms with Crippen LogP contribution in [0.15, 0.2) is 36.4 Å². The van der Waals surface area contributed by atoms with Gasteiger partial charge in [-0.2, -0.15) is 5.10 Å². The molecule has 35 heavy (non-hydrogen) atoms. The number of benzene rings is 1. The van der Waals surface area contributed by atoms with E-state index in [4.69, 9.17) is 14.6 Å². The molecule has 2 amide bonds. The fraction of sp³-hybridized carbons (Fsp3) is 0.607. The number of aromatic nitrogens is 2. The van der Waals surface area contributed by atoms with E-state index >= 15 is 0 Å². The second-order valence-corrected chi connectivity index (χ2v) is 12.0. The van der Waals surface area contributed by atoms with Crippen molar-refractivity contribution >= 4 is 12.2 Å². The molecule has 0 radical (unpaired) electrons. The van der Waals surface area contributed by atoms with E-state index in [1.165, 1.54) is 29.8 Å². The van der Waals surface area contributed by atoms with E-state index in [9.17, 15) is 9.59 Å². The van der Waals surface area contributed by atoms with Gasteiger partial charge in [-0.3, -0.25) is 4.68 Å². The summed E-state index contributed by atoms with van der Waals surface area (Å²) in [6.07, 6.45) is 3.69.